The Morgan fingerprint density at radius 3 is 2.47 bits per heavy atom. The lowest BCUT2D eigenvalue weighted by atomic mass is 9.87. The molecule has 0 radical (unpaired) electrons. The Hall–Kier alpha value is -4.45. The third-order valence-electron chi connectivity index (χ3n) is 7.67. The smallest absolute Gasteiger partial charge is 0.410 e. The van der Waals surface area contributed by atoms with Crippen LogP contribution in [0.5, 0.6) is 17.2 Å². The van der Waals surface area contributed by atoms with E-state index in [2.05, 4.69) is 11.1 Å². The van der Waals surface area contributed by atoms with Gasteiger partial charge in [0.2, 0.25) is 0 Å². The fourth-order valence-corrected chi connectivity index (χ4v) is 5.26. The molecular weight excluding hydrogens is 544 g/mol. The summed E-state index contributed by atoms with van der Waals surface area (Å²) in [6.45, 7) is 7.53. The van der Waals surface area contributed by atoms with Gasteiger partial charge in [-0.3, -0.25) is 0 Å². The van der Waals surface area contributed by atoms with Crippen molar-refractivity contribution in [2.45, 2.75) is 64.6 Å². The minimum Gasteiger partial charge on any atom is -0.497 e. The van der Waals surface area contributed by atoms with Crippen molar-refractivity contribution < 1.29 is 23.7 Å². The highest BCUT2D eigenvalue weighted by molar-refractivity contribution is 5.77. The number of carbonyl (C=O) groups excluding carboxylic acids is 1. The van der Waals surface area contributed by atoms with Crippen LogP contribution >= 0.6 is 0 Å². The molecule has 1 aromatic heterocycles. The summed E-state index contributed by atoms with van der Waals surface area (Å²) in [5.41, 5.74) is 9.18. The molecule has 2 N–H and O–H groups in total. The lowest BCUT2D eigenvalue weighted by Crippen LogP contribution is -2.42. The van der Waals surface area contributed by atoms with Crippen LogP contribution in [-0.4, -0.2) is 48.4 Å². The summed E-state index contributed by atoms with van der Waals surface area (Å²) < 4.78 is 23.6. The van der Waals surface area contributed by atoms with Gasteiger partial charge in [0.25, 0.3) is 0 Å². The number of rotatable bonds is 9. The van der Waals surface area contributed by atoms with E-state index in [1.54, 1.807) is 12.0 Å². The molecule has 1 aliphatic carbocycles. The van der Waals surface area contributed by atoms with E-state index in [0.29, 0.717) is 60.5 Å². The molecule has 226 valence electrons. The number of hydrogen-bond donors (Lipinski definition) is 1. The molecule has 43 heavy (non-hydrogen) atoms. The first-order valence-electron chi connectivity index (χ1n) is 14.9. The van der Waals surface area contributed by atoms with Crippen LogP contribution in [0.3, 0.4) is 0 Å². The van der Waals surface area contributed by atoms with E-state index in [1.165, 1.54) is 0 Å². The van der Waals surface area contributed by atoms with Gasteiger partial charge >= 0.3 is 6.09 Å². The van der Waals surface area contributed by atoms with Crippen LogP contribution in [0.15, 0.2) is 48.5 Å². The number of methoxy groups -OCH3 is 1. The van der Waals surface area contributed by atoms with E-state index in [1.807, 2.05) is 69.3 Å². The minimum atomic E-state index is -0.595. The molecule has 1 unspecified atom stereocenters. The lowest BCUT2D eigenvalue weighted by Gasteiger charge is -2.34. The number of ether oxygens (including phenoxy) is 4. The van der Waals surface area contributed by atoms with Gasteiger partial charge in [-0.25, -0.2) is 9.78 Å². The Kier molecular flexibility index (Phi) is 8.95. The summed E-state index contributed by atoms with van der Waals surface area (Å²) >= 11 is 0. The van der Waals surface area contributed by atoms with Crippen molar-refractivity contribution in [3.63, 3.8) is 0 Å². The largest absolute Gasteiger partial charge is 0.497 e. The van der Waals surface area contributed by atoms with E-state index in [4.69, 9.17) is 24.7 Å². The molecule has 9 nitrogen and oxygen atoms in total. The molecule has 1 saturated heterocycles. The molecule has 0 spiro atoms. The summed E-state index contributed by atoms with van der Waals surface area (Å²) in [4.78, 5) is 19.3. The zero-order chi connectivity index (χ0) is 30.6. The van der Waals surface area contributed by atoms with Crippen molar-refractivity contribution >= 4 is 11.9 Å². The van der Waals surface area contributed by atoms with Crippen LogP contribution in [0.1, 0.15) is 69.1 Å². The maximum absolute atomic E-state index is 12.9. The average molecular weight is 585 g/mol. The van der Waals surface area contributed by atoms with Crippen LogP contribution in [0.2, 0.25) is 0 Å². The number of nitrogen functional groups attached to an aromatic ring is 1. The minimum absolute atomic E-state index is 0.108. The van der Waals surface area contributed by atoms with Gasteiger partial charge in [-0.05, 0) is 93.8 Å². The fraction of sp³-hybridized carbons (Fsp3) is 0.441. The second kappa shape index (κ2) is 12.8. The number of benzene rings is 2. The molecule has 1 atom stereocenters. The van der Waals surface area contributed by atoms with Crippen molar-refractivity contribution in [3.8, 4) is 34.6 Å². The Bertz CT molecular complexity index is 1490. The number of likely N-dealkylation sites (tertiary alicyclic amines) is 1. The third-order valence-corrected chi connectivity index (χ3v) is 7.67. The molecule has 0 bridgehead atoms. The Morgan fingerprint density at radius 1 is 1.09 bits per heavy atom. The number of piperidine rings is 1. The highest BCUT2D eigenvalue weighted by Crippen LogP contribution is 2.42. The second-order valence-electron chi connectivity index (χ2n) is 12.3. The van der Waals surface area contributed by atoms with Gasteiger partial charge in [0, 0.05) is 19.0 Å². The number of amides is 1. The maximum Gasteiger partial charge on any atom is 0.410 e. The molecule has 2 aromatic carbocycles. The Labute approximate surface area is 253 Å². The summed E-state index contributed by atoms with van der Waals surface area (Å²) in [6.07, 6.45) is 3.54. The summed E-state index contributed by atoms with van der Waals surface area (Å²) in [7, 11) is 1.64. The number of nitrogens with two attached hydrogens (primary N) is 1. The number of anilines is 1. The Morgan fingerprint density at radius 2 is 1.81 bits per heavy atom. The number of nitriles is 1. The topological polar surface area (TPSA) is 120 Å². The number of pyridine rings is 1. The summed E-state index contributed by atoms with van der Waals surface area (Å²) in [5.74, 6) is 2.61. The van der Waals surface area contributed by atoms with E-state index in [0.717, 1.165) is 42.6 Å². The van der Waals surface area contributed by atoms with E-state index >= 15 is 0 Å². The summed E-state index contributed by atoms with van der Waals surface area (Å²) in [5, 5.41) is 10.1. The van der Waals surface area contributed by atoms with E-state index in [-0.39, 0.29) is 17.8 Å². The first kappa shape index (κ1) is 30.0. The number of aromatic nitrogens is 1. The molecular formula is C34H40N4O5. The molecule has 5 rings (SSSR count). The van der Waals surface area contributed by atoms with Crippen molar-refractivity contribution in [2.75, 3.05) is 32.5 Å². The van der Waals surface area contributed by atoms with Gasteiger partial charge in [-0.1, -0.05) is 18.2 Å². The van der Waals surface area contributed by atoms with Gasteiger partial charge in [0.05, 0.1) is 30.5 Å². The predicted octanol–water partition coefficient (Wildman–Crippen LogP) is 6.69. The third kappa shape index (κ3) is 7.50. The van der Waals surface area contributed by atoms with Gasteiger partial charge < -0.3 is 29.6 Å². The second-order valence-corrected chi connectivity index (χ2v) is 12.3. The quantitative estimate of drug-likeness (QED) is 0.295. The van der Waals surface area contributed by atoms with Crippen LogP contribution in [0.4, 0.5) is 10.6 Å². The predicted molar refractivity (Wildman–Crippen MR) is 164 cm³/mol. The molecule has 2 heterocycles. The SMILES string of the molecule is COc1ccc(COc2cccc(OCC3CC3)c2-c2cc(C3CCCN(C(=O)OC(C)(C)C)C3)c(C#N)c(N)n2)cc1. The molecule has 2 fully saturated rings. The van der Waals surface area contributed by atoms with Crippen LogP contribution in [0, 0.1) is 17.2 Å². The highest BCUT2D eigenvalue weighted by atomic mass is 16.6. The molecule has 9 heteroatoms. The van der Waals surface area contributed by atoms with Crippen molar-refractivity contribution in [2.24, 2.45) is 5.92 Å². The van der Waals surface area contributed by atoms with Crippen molar-refractivity contribution in [1.82, 2.24) is 9.88 Å². The number of carbonyl (C=O) groups is 1. The number of hydrogen-bond acceptors (Lipinski definition) is 8. The summed E-state index contributed by atoms with van der Waals surface area (Å²) in [6, 6.07) is 17.6. The molecule has 1 aliphatic heterocycles. The van der Waals surface area contributed by atoms with Gasteiger partial charge in [-0.2, -0.15) is 5.26 Å². The van der Waals surface area contributed by atoms with Crippen LogP contribution in [-0.2, 0) is 11.3 Å². The van der Waals surface area contributed by atoms with Crippen molar-refractivity contribution in [3.05, 3.63) is 65.2 Å². The molecule has 1 saturated carbocycles. The average Bonchev–Trinajstić information content (AvgIpc) is 3.83. The molecule has 2 aliphatic rings. The molecule has 1 amide bonds. The van der Waals surface area contributed by atoms with E-state index < -0.39 is 5.60 Å². The lowest BCUT2D eigenvalue weighted by molar-refractivity contribution is 0.0198. The maximum atomic E-state index is 12.9. The van der Waals surface area contributed by atoms with Gasteiger partial charge in [0.1, 0.15) is 41.3 Å². The van der Waals surface area contributed by atoms with Gasteiger partial charge in [0.15, 0.2) is 0 Å². The standard InChI is InChI=1S/C34H40N4O5/c1-34(2,3)43-33(39)38-16-6-7-24(19-38)26-17-28(37-32(36)27(26)18-35)31-29(41-20-22-10-11-22)8-5-9-30(31)42-21-23-12-14-25(40-4)15-13-23/h5,8-9,12-15,17,22,24H,6-7,10-11,16,19-21H2,1-4H3,(H2,36,37). The zero-order valence-electron chi connectivity index (χ0n) is 25.4. The molecule has 3 aromatic rings. The van der Waals surface area contributed by atoms with Crippen molar-refractivity contribution in [1.29, 1.82) is 5.26 Å². The first-order valence-corrected chi connectivity index (χ1v) is 14.9. The fourth-order valence-electron chi connectivity index (χ4n) is 5.26. The Balaban J connectivity index is 1.50. The van der Waals surface area contributed by atoms with Gasteiger partial charge in [-0.15, -0.1) is 0 Å². The number of nitrogens with zero attached hydrogens (tertiary/aromatic N) is 3. The first-order chi connectivity index (χ1) is 20.6. The van der Waals surface area contributed by atoms with E-state index in [9.17, 15) is 10.1 Å². The van der Waals surface area contributed by atoms with Crippen LogP contribution in [0.25, 0.3) is 11.3 Å². The normalized spacial score (nSPS) is 16.7. The van der Waals surface area contributed by atoms with Crippen LogP contribution < -0.4 is 19.9 Å². The monoisotopic (exact) mass is 584 g/mol. The highest BCUT2D eigenvalue weighted by Gasteiger charge is 2.31. The zero-order valence-corrected chi connectivity index (χ0v) is 25.4.